The summed E-state index contributed by atoms with van der Waals surface area (Å²) in [4.78, 5) is 16.4. The van der Waals surface area contributed by atoms with Crippen LogP contribution in [-0.2, 0) is 4.79 Å². The molecule has 1 N–H and O–H groups in total. The average Bonchev–Trinajstić information content (AvgIpc) is 2.67. The first-order valence-electron chi connectivity index (χ1n) is 10.1. The molecule has 7 heteroatoms. The lowest BCUT2D eigenvalue weighted by molar-refractivity contribution is -0.121. The van der Waals surface area contributed by atoms with E-state index in [1.165, 1.54) is 19.3 Å². The molecule has 3 rings (SSSR count). The zero-order chi connectivity index (χ0) is 19.9. The number of hydrogen-bond acceptors (Lipinski definition) is 4. The van der Waals surface area contributed by atoms with Gasteiger partial charge in [0.2, 0.25) is 5.91 Å². The van der Waals surface area contributed by atoms with Crippen LogP contribution in [0.3, 0.4) is 0 Å². The van der Waals surface area contributed by atoms with Crippen molar-refractivity contribution in [2.75, 3.05) is 37.6 Å². The fourth-order valence-corrected chi connectivity index (χ4v) is 4.78. The van der Waals surface area contributed by atoms with Crippen LogP contribution in [0.5, 0.6) is 0 Å². The summed E-state index contributed by atoms with van der Waals surface area (Å²) in [6.45, 7) is 5.25. The highest BCUT2D eigenvalue weighted by atomic mass is 35.5. The molecule has 0 bridgehead atoms. The number of nitrogens with one attached hydrogen (secondary N) is 1. The summed E-state index contributed by atoms with van der Waals surface area (Å²) in [7, 11) is 0. The zero-order valence-corrected chi connectivity index (χ0v) is 17.7. The van der Waals surface area contributed by atoms with E-state index in [-0.39, 0.29) is 18.4 Å². The quantitative estimate of drug-likeness (QED) is 0.749. The largest absolute Gasteiger partial charge is 0.369 e. The molecule has 1 aliphatic carbocycles. The van der Waals surface area contributed by atoms with Gasteiger partial charge in [-0.3, -0.25) is 9.69 Å². The lowest BCUT2D eigenvalue weighted by atomic mass is 9.84. The Kier molecular flexibility index (Phi) is 7.84. The molecule has 5 nitrogen and oxygen atoms in total. The average molecular weight is 423 g/mol. The summed E-state index contributed by atoms with van der Waals surface area (Å²) in [6.07, 6.45) is 5.59. The maximum atomic E-state index is 11.5. The molecule has 1 saturated heterocycles. The van der Waals surface area contributed by atoms with Gasteiger partial charge in [-0.05, 0) is 62.8 Å². The van der Waals surface area contributed by atoms with Gasteiger partial charge in [-0.15, -0.1) is 0 Å². The standard InChI is InChI=1S/C21H28Cl2N4O/c22-17-13-18(23)15-20(14-17)27-11-9-26(10-12-27)8-6-16-1-3-19(4-2-16)25-21(28)5-7-24/h13-16,19H,1-6,8-12H2,(H,25,28). The minimum atomic E-state index is -0.134. The van der Waals surface area contributed by atoms with E-state index in [4.69, 9.17) is 28.5 Å². The van der Waals surface area contributed by atoms with Gasteiger partial charge in [0.05, 0.1) is 6.07 Å². The minimum Gasteiger partial charge on any atom is -0.369 e. The van der Waals surface area contributed by atoms with Gasteiger partial charge in [-0.1, -0.05) is 23.2 Å². The van der Waals surface area contributed by atoms with Crippen molar-refractivity contribution in [1.29, 1.82) is 5.26 Å². The lowest BCUT2D eigenvalue weighted by Crippen LogP contribution is -2.47. The van der Waals surface area contributed by atoms with Gasteiger partial charge >= 0.3 is 0 Å². The molecule has 0 atom stereocenters. The molecule has 0 aromatic heterocycles. The van der Waals surface area contributed by atoms with Crippen LogP contribution in [0.4, 0.5) is 5.69 Å². The van der Waals surface area contributed by atoms with Crippen molar-refractivity contribution >= 4 is 34.8 Å². The van der Waals surface area contributed by atoms with Crippen LogP contribution >= 0.6 is 23.2 Å². The smallest absolute Gasteiger partial charge is 0.234 e. The van der Waals surface area contributed by atoms with Gasteiger partial charge in [0, 0.05) is 48.0 Å². The molecule has 1 aliphatic heterocycles. The Balaban J connectivity index is 1.35. The normalized spacial score (nSPS) is 23.2. The molecule has 28 heavy (non-hydrogen) atoms. The Labute approximate surface area is 177 Å². The second kappa shape index (κ2) is 10.3. The fourth-order valence-electron chi connectivity index (χ4n) is 4.26. The van der Waals surface area contributed by atoms with Crippen molar-refractivity contribution in [2.45, 2.75) is 44.6 Å². The topological polar surface area (TPSA) is 59.4 Å². The summed E-state index contributed by atoms with van der Waals surface area (Å²) in [5.74, 6) is 0.610. The zero-order valence-electron chi connectivity index (χ0n) is 16.2. The fraction of sp³-hybridized carbons (Fsp3) is 0.619. The SMILES string of the molecule is N#CCC(=O)NC1CCC(CCN2CCN(c3cc(Cl)cc(Cl)c3)CC2)CC1. The summed E-state index contributed by atoms with van der Waals surface area (Å²) >= 11 is 12.3. The van der Waals surface area contributed by atoms with Crippen molar-refractivity contribution in [3.8, 4) is 6.07 Å². The first kappa shape index (κ1) is 21.2. The third kappa shape index (κ3) is 6.27. The van der Waals surface area contributed by atoms with Gasteiger partial charge < -0.3 is 10.2 Å². The summed E-state index contributed by atoms with van der Waals surface area (Å²) in [5.41, 5.74) is 1.11. The number of nitrogens with zero attached hydrogens (tertiary/aromatic N) is 3. The number of rotatable bonds is 6. The number of hydrogen-bond donors (Lipinski definition) is 1. The monoisotopic (exact) mass is 422 g/mol. The second-order valence-electron chi connectivity index (χ2n) is 7.87. The number of halogens is 2. The summed E-state index contributed by atoms with van der Waals surface area (Å²) < 4.78 is 0. The molecule has 1 aromatic rings. The number of carbonyl (C=O) groups is 1. The van der Waals surface area contributed by atoms with Crippen molar-refractivity contribution in [3.05, 3.63) is 28.2 Å². The van der Waals surface area contributed by atoms with E-state index in [0.717, 1.165) is 57.2 Å². The summed E-state index contributed by atoms with van der Waals surface area (Å²) in [5, 5.41) is 12.9. The number of amides is 1. The molecule has 0 radical (unpaired) electrons. The number of anilines is 1. The van der Waals surface area contributed by atoms with Gasteiger partial charge in [0.1, 0.15) is 6.42 Å². The van der Waals surface area contributed by atoms with Gasteiger partial charge in [-0.25, -0.2) is 0 Å². The van der Waals surface area contributed by atoms with Crippen molar-refractivity contribution in [1.82, 2.24) is 10.2 Å². The first-order chi connectivity index (χ1) is 13.5. The Hall–Kier alpha value is -1.48. The number of carbonyl (C=O) groups excluding carboxylic acids is 1. The number of benzene rings is 1. The van der Waals surface area contributed by atoms with E-state index in [1.54, 1.807) is 6.07 Å². The first-order valence-corrected chi connectivity index (χ1v) is 10.9. The van der Waals surface area contributed by atoms with E-state index in [0.29, 0.717) is 10.0 Å². The molecule has 1 saturated carbocycles. The molecular weight excluding hydrogens is 395 g/mol. The molecule has 2 aliphatic rings. The minimum absolute atomic E-state index is 0.0344. The molecule has 0 spiro atoms. The molecule has 2 fully saturated rings. The van der Waals surface area contributed by atoms with Crippen LogP contribution in [0.15, 0.2) is 18.2 Å². The van der Waals surface area contributed by atoms with Crippen LogP contribution < -0.4 is 10.2 Å². The molecular formula is C21H28Cl2N4O. The third-order valence-corrected chi connectivity index (χ3v) is 6.33. The van der Waals surface area contributed by atoms with Gasteiger partial charge in [-0.2, -0.15) is 5.26 Å². The van der Waals surface area contributed by atoms with Crippen LogP contribution in [0, 0.1) is 17.2 Å². The highest BCUT2D eigenvalue weighted by molar-refractivity contribution is 6.35. The lowest BCUT2D eigenvalue weighted by Gasteiger charge is -2.37. The number of nitriles is 1. The maximum absolute atomic E-state index is 11.5. The second-order valence-corrected chi connectivity index (χ2v) is 8.74. The molecule has 1 heterocycles. The highest BCUT2D eigenvalue weighted by Gasteiger charge is 2.24. The predicted octanol–water partition coefficient (Wildman–Crippen LogP) is 4.09. The molecule has 1 aromatic carbocycles. The molecule has 1 amide bonds. The van der Waals surface area contributed by atoms with E-state index < -0.39 is 0 Å². The van der Waals surface area contributed by atoms with Gasteiger partial charge in [0.25, 0.3) is 0 Å². The van der Waals surface area contributed by atoms with Gasteiger partial charge in [0.15, 0.2) is 0 Å². The van der Waals surface area contributed by atoms with E-state index >= 15 is 0 Å². The molecule has 0 unspecified atom stereocenters. The Morgan fingerprint density at radius 1 is 1.07 bits per heavy atom. The summed E-state index contributed by atoms with van der Waals surface area (Å²) in [6, 6.07) is 7.90. The van der Waals surface area contributed by atoms with Crippen LogP contribution in [0.2, 0.25) is 10.0 Å². The van der Waals surface area contributed by atoms with E-state index in [1.807, 2.05) is 18.2 Å². The Morgan fingerprint density at radius 3 is 2.32 bits per heavy atom. The maximum Gasteiger partial charge on any atom is 0.234 e. The van der Waals surface area contributed by atoms with Crippen LogP contribution in [0.25, 0.3) is 0 Å². The third-order valence-electron chi connectivity index (χ3n) is 5.89. The number of piperazine rings is 1. The predicted molar refractivity (Wildman–Crippen MR) is 114 cm³/mol. The van der Waals surface area contributed by atoms with Crippen molar-refractivity contribution in [2.24, 2.45) is 5.92 Å². The Bertz CT molecular complexity index is 685. The van der Waals surface area contributed by atoms with E-state index in [9.17, 15) is 4.79 Å². The molecule has 152 valence electrons. The van der Waals surface area contributed by atoms with Crippen molar-refractivity contribution in [3.63, 3.8) is 0 Å². The Morgan fingerprint density at radius 2 is 1.71 bits per heavy atom. The van der Waals surface area contributed by atoms with Crippen LogP contribution in [0.1, 0.15) is 38.5 Å². The van der Waals surface area contributed by atoms with Crippen LogP contribution in [-0.4, -0.2) is 49.6 Å². The van der Waals surface area contributed by atoms with E-state index in [2.05, 4.69) is 15.1 Å². The van der Waals surface area contributed by atoms with Crippen molar-refractivity contribution < 1.29 is 4.79 Å². The highest BCUT2D eigenvalue weighted by Crippen LogP contribution is 2.28.